The standard InChI is InChI=1S/C44H53N3O8/c1-28(47(5)43(52)55-44(2,3)4)40(49)46-38(26-29-20-24-33(25-21-29)54-27-30-18-22-32(23-19-30)42(51)53-6)39(48)35-15-9-10-16-36(35)41(50)45-37-17-11-13-31-12-7-8-14-34(31)37/h7-10,12,14,18-25,28,35-38H,11,13,15-17,26-27H2,1-6H3,(H,45,50)(H,46,49)/t28-,35+,36+,37+,38-/m0/s1. The van der Waals surface area contributed by atoms with Gasteiger partial charge in [-0.25, -0.2) is 9.59 Å². The van der Waals surface area contributed by atoms with Crippen molar-refractivity contribution in [3.05, 3.63) is 113 Å². The van der Waals surface area contributed by atoms with Crippen molar-refractivity contribution in [1.82, 2.24) is 15.5 Å². The van der Waals surface area contributed by atoms with Crippen LogP contribution >= 0.6 is 0 Å². The molecular weight excluding hydrogens is 698 g/mol. The molecule has 0 spiro atoms. The molecule has 292 valence electrons. The summed E-state index contributed by atoms with van der Waals surface area (Å²) >= 11 is 0. The summed E-state index contributed by atoms with van der Waals surface area (Å²) in [5.74, 6) is -2.02. The third kappa shape index (κ3) is 10.8. The van der Waals surface area contributed by atoms with E-state index in [1.165, 1.54) is 24.6 Å². The van der Waals surface area contributed by atoms with E-state index >= 15 is 0 Å². The number of amides is 3. The molecule has 0 aromatic heterocycles. The molecule has 3 aromatic rings. The second-order valence-electron chi connectivity index (χ2n) is 15.4. The fraction of sp³-hybridized carbons (Fsp3) is 0.432. The summed E-state index contributed by atoms with van der Waals surface area (Å²) < 4.78 is 16.2. The number of hydrogen-bond donors (Lipinski definition) is 2. The van der Waals surface area contributed by atoms with Gasteiger partial charge in [0.1, 0.15) is 24.0 Å². The van der Waals surface area contributed by atoms with E-state index in [4.69, 9.17) is 14.2 Å². The number of esters is 1. The van der Waals surface area contributed by atoms with Crippen molar-refractivity contribution in [1.29, 1.82) is 0 Å². The van der Waals surface area contributed by atoms with Gasteiger partial charge in [0.2, 0.25) is 11.8 Å². The lowest BCUT2D eigenvalue weighted by Crippen LogP contribution is -2.54. The molecular formula is C44H53N3O8. The highest BCUT2D eigenvalue weighted by atomic mass is 16.6. The Morgan fingerprint density at radius 1 is 0.873 bits per heavy atom. The number of methoxy groups -OCH3 is 1. The largest absolute Gasteiger partial charge is 0.489 e. The fourth-order valence-corrected chi connectivity index (χ4v) is 7.02. The van der Waals surface area contributed by atoms with Crippen LogP contribution in [0.4, 0.5) is 4.79 Å². The Morgan fingerprint density at radius 2 is 1.53 bits per heavy atom. The topological polar surface area (TPSA) is 140 Å². The number of benzene rings is 3. The first kappa shape index (κ1) is 40.7. The molecule has 2 aliphatic carbocycles. The van der Waals surface area contributed by atoms with Crippen LogP contribution in [0.15, 0.2) is 84.9 Å². The van der Waals surface area contributed by atoms with E-state index < -0.39 is 47.5 Å². The highest BCUT2D eigenvalue weighted by Crippen LogP contribution is 2.33. The Labute approximate surface area is 323 Å². The molecule has 0 aliphatic heterocycles. The van der Waals surface area contributed by atoms with Crippen molar-refractivity contribution in [2.24, 2.45) is 11.8 Å². The fourth-order valence-electron chi connectivity index (χ4n) is 7.02. The van der Waals surface area contributed by atoms with Crippen molar-refractivity contribution in [3.8, 4) is 5.75 Å². The molecule has 11 heteroatoms. The number of hydrogen-bond acceptors (Lipinski definition) is 8. The van der Waals surface area contributed by atoms with Crippen LogP contribution in [0.2, 0.25) is 0 Å². The maximum atomic E-state index is 14.6. The number of nitrogens with zero attached hydrogens (tertiary/aromatic N) is 1. The van der Waals surface area contributed by atoms with Gasteiger partial charge in [-0.15, -0.1) is 0 Å². The maximum absolute atomic E-state index is 14.6. The van der Waals surface area contributed by atoms with Gasteiger partial charge >= 0.3 is 12.1 Å². The molecule has 11 nitrogen and oxygen atoms in total. The first-order valence-electron chi connectivity index (χ1n) is 19.0. The molecule has 0 fully saturated rings. The zero-order valence-electron chi connectivity index (χ0n) is 32.6. The van der Waals surface area contributed by atoms with Crippen LogP contribution in [-0.4, -0.2) is 66.4 Å². The van der Waals surface area contributed by atoms with E-state index in [9.17, 15) is 24.0 Å². The van der Waals surface area contributed by atoms with Crippen molar-refractivity contribution in [2.45, 2.75) is 96.6 Å². The third-order valence-corrected chi connectivity index (χ3v) is 10.3. The average molecular weight is 752 g/mol. The van der Waals surface area contributed by atoms with E-state index in [-0.39, 0.29) is 30.8 Å². The molecule has 3 aromatic carbocycles. The van der Waals surface area contributed by atoms with Gasteiger partial charge in [-0.2, -0.15) is 0 Å². The zero-order chi connectivity index (χ0) is 39.7. The van der Waals surface area contributed by atoms with Crippen molar-refractivity contribution in [2.75, 3.05) is 14.2 Å². The van der Waals surface area contributed by atoms with Crippen LogP contribution < -0.4 is 15.4 Å². The van der Waals surface area contributed by atoms with Gasteiger partial charge in [0.05, 0.1) is 30.7 Å². The summed E-state index contributed by atoms with van der Waals surface area (Å²) in [6, 6.07) is 20.3. The lowest BCUT2D eigenvalue weighted by molar-refractivity contribution is -0.137. The number of nitrogens with one attached hydrogen (secondary N) is 2. The minimum Gasteiger partial charge on any atom is -0.489 e. The molecule has 0 saturated heterocycles. The molecule has 2 N–H and O–H groups in total. The number of allylic oxidation sites excluding steroid dienone is 2. The Morgan fingerprint density at radius 3 is 2.20 bits per heavy atom. The number of rotatable bonds is 13. The predicted molar refractivity (Wildman–Crippen MR) is 208 cm³/mol. The summed E-state index contributed by atoms with van der Waals surface area (Å²) in [5.41, 5.74) is 3.68. The lowest BCUT2D eigenvalue weighted by Gasteiger charge is -2.33. The Kier molecular flexibility index (Phi) is 13.5. The molecule has 2 aliphatic rings. The van der Waals surface area contributed by atoms with Crippen LogP contribution in [0.25, 0.3) is 0 Å². The number of likely N-dealkylation sites (N-methyl/N-ethyl adjacent to an activating group) is 1. The maximum Gasteiger partial charge on any atom is 0.410 e. The number of ether oxygens (including phenoxy) is 3. The van der Waals surface area contributed by atoms with E-state index in [0.29, 0.717) is 24.2 Å². The monoisotopic (exact) mass is 751 g/mol. The summed E-state index contributed by atoms with van der Waals surface area (Å²) in [5, 5.41) is 6.19. The molecule has 55 heavy (non-hydrogen) atoms. The summed E-state index contributed by atoms with van der Waals surface area (Å²) in [7, 11) is 2.82. The Hall–Kier alpha value is -5.45. The van der Waals surface area contributed by atoms with Crippen LogP contribution in [0.1, 0.15) is 92.0 Å². The second kappa shape index (κ2) is 18.3. The Balaban J connectivity index is 1.32. The van der Waals surface area contributed by atoms with E-state index in [0.717, 1.165) is 36.0 Å². The third-order valence-electron chi connectivity index (χ3n) is 10.3. The van der Waals surface area contributed by atoms with Crippen molar-refractivity contribution < 1.29 is 38.2 Å². The molecule has 3 amide bonds. The minimum absolute atomic E-state index is 0.126. The van der Waals surface area contributed by atoms with Gasteiger partial charge in [0.15, 0.2) is 5.78 Å². The molecule has 5 rings (SSSR count). The Bertz CT molecular complexity index is 1860. The van der Waals surface area contributed by atoms with Gasteiger partial charge in [-0.3, -0.25) is 19.3 Å². The van der Waals surface area contributed by atoms with Crippen LogP contribution in [0.5, 0.6) is 5.75 Å². The average Bonchev–Trinajstić information content (AvgIpc) is 3.18. The molecule has 0 saturated carbocycles. The van der Waals surface area contributed by atoms with Crippen LogP contribution in [-0.2, 0) is 43.3 Å². The van der Waals surface area contributed by atoms with E-state index in [1.807, 2.05) is 36.4 Å². The first-order valence-corrected chi connectivity index (χ1v) is 19.0. The number of fused-ring (bicyclic) bond motifs is 1. The van der Waals surface area contributed by atoms with Gasteiger partial charge in [-0.1, -0.05) is 60.7 Å². The first-order chi connectivity index (χ1) is 26.2. The second-order valence-corrected chi connectivity index (χ2v) is 15.4. The smallest absolute Gasteiger partial charge is 0.410 e. The number of Topliss-reactive ketones (excluding diaryl/α,β-unsaturated/α-hetero) is 1. The molecule has 5 atom stereocenters. The summed E-state index contributed by atoms with van der Waals surface area (Å²) in [6.07, 6.45) is 6.91. The number of aryl methyl sites for hydroxylation is 1. The van der Waals surface area contributed by atoms with Crippen LogP contribution in [0.3, 0.4) is 0 Å². The SMILES string of the molecule is COC(=O)c1ccc(COc2ccc(C[C@H](NC(=O)[C@H](C)N(C)C(=O)OC(C)(C)C)C(=O)[C@@H]3CC=CC[C@H]3C(=O)N[C@@H]3CCCc4ccccc43)cc2)cc1. The normalized spacial score (nSPS) is 18.8. The molecule has 0 heterocycles. The predicted octanol–water partition coefficient (Wildman–Crippen LogP) is 6.68. The molecule has 0 radical (unpaired) electrons. The molecule has 0 unspecified atom stereocenters. The number of ketones is 1. The van der Waals surface area contributed by atoms with E-state index in [2.05, 4.69) is 22.8 Å². The highest BCUT2D eigenvalue weighted by molar-refractivity contribution is 5.96. The minimum atomic E-state index is -0.982. The number of carbonyl (C=O) groups is 5. The number of carbonyl (C=O) groups excluding carboxylic acids is 5. The van der Waals surface area contributed by atoms with Gasteiger partial charge in [0.25, 0.3) is 0 Å². The van der Waals surface area contributed by atoms with Crippen molar-refractivity contribution in [3.63, 3.8) is 0 Å². The highest BCUT2D eigenvalue weighted by Gasteiger charge is 2.39. The van der Waals surface area contributed by atoms with E-state index in [1.54, 1.807) is 64.1 Å². The van der Waals surface area contributed by atoms with Gasteiger partial charge in [-0.05, 0) is 113 Å². The quantitative estimate of drug-likeness (QED) is 0.146. The van der Waals surface area contributed by atoms with Gasteiger partial charge in [0, 0.05) is 13.0 Å². The van der Waals surface area contributed by atoms with Gasteiger partial charge < -0.3 is 24.8 Å². The lowest BCUT2D eigenvalue weighted by atomic mass is 9.76. The summed E-state index contributed by atoms with van der Waals surface area (Å²) in [4.78, 5) is 68.1. The van der Waals surface area contributed by atoms with Crippen molar-refractivity contribution >= 4 is 29.7 Å². The zero-order valence-corrected chi connectivity index (χ0v) is 32.6. The van der Waals surface area contributed by atoms with Crippen LogP contribution in [0, 0.1) is 11.8 Å². The summed E-state index contributed by atoms with van der Waals surface area (Å²) in [6.45, 7) is 7.09. The molecule has 0 bridgehead atoms.